The number of methoxy groups -OCH3 is 1. The standard InChI is InChI=1S/C18H18FN3OS/c1-22-18(20-11-13-6-4-3-5-7-13)24-12-16(21-22)14-8-9-17(23-2)15(19)10-14/h3-10H,11-12H2,1-2H3. The summed E-state index contributed by atoms with van der Waals surface area (Å²) in [6.45, 7) is 0.621. The van der Waals surface area contributed by atoms with E-state index >= 15 is 0 Å². The van der Waals surface area contributed by atoms with Crippen LogP contribution in [0.15, 0.2) is 58.6 Å². The zero-order valence-corrected chi connectivity index (χ0v) is 14.4. The normalized spacial score (nSPS) is 16.2. The second-order valence-corrected chi connectivity index (χ2v) is 6.24. The summed E-state index contributed by atoms with van der Waals surface area (Å²) in [5, 5.41) is 7.14. The molecule has 0 radical (unpaired) electrons. The molecule has 2 aromatic carbocycles. The Labute approximate surface area is 145 Å². The van der Waals surface area contributed by atoms with Gasteiger partial charge in [-0.3, -0.25) is 4.99 Å². The van der Waals surface area contributed by atoms with Crippen LogP contribution < -0.4 is 4.74 Å². The molecule has 124 valence electrons. The summed E-state index contributed by atoms with van der Waals surface area (Å²) in [6.07, 6.45) is 0. The van der Waals surface area contributed by atoms with Crippen molar-refractivity contribution in [2.75, 3.05) is 19.9 Å². The van der Waals surface area contributed by atoms with Crippen molar-refractivity contribution in [1.82, 2.24) is 5.01 Å². The van der Waals surface area contributed by atoms with Crippen LogP contribution in [0.4, 0.5) is 4.39 Å². The number of hydrogen-bond acceptors (Lipinski definition) is 4. The minimum atomic E-state index is -0.381. The van der Waals surface area contributed by atoms with Gasteiger partial charge >= 0.3 is 0 Å². The molecular weight excluding hydrogens is 325 g/mol. The van der Waals surface area contributed by atoms with E-state index in [-0.39, 0.29) is 11.6 Å². The second-order valence-electron chi connectivity index (χ2n) is 5.29. The molecule has 1 aliphatic rings. The van der Waals surface area contributed by atoms with Crippen LogP contribution in [0.2, 0.25) is 0 Å². The first-order chi connectivity index (χ1) is 11.7. The lowest BCUT2D eigenvalue weighted by Gasteiger charge is -2.23. The van der Waals surface area contributed by atoms with Gasteiger partial charge in [-0.2, -0.15) is 5.10 Å². The fourth-order valence-corrected chi connectivity index (χ4v) is 3.23. The molecule has 0 saturated carbocycles. The molecule has 4 nitrogen and oxygen atoms in total. The van der Waals surface area contributed by atoms with Crippen molar-refractivity contribution >= 4 is 22.6 Å². The SMILES string of the molecule is COc1ccc(C2=NN(C)C(=NCc3ccccc3)SC2)cc1F. The van der Waals surface area contributed by atoms with Crippen LogP contribution in [-0.4, -0.2) is 35.8 Å². The van der Waals surface area contributed by atoms with Gasteiger partial charge in [0.25, 0.3) is 0 Å². The van der Waals surface area contributed by atoms with E-state index in [1.54, 1.807) is 22.8 Å². The van der Waals surface area contributed by atoms with Crippen molar-refractivity contribution in [2.45, 2.75) is 6.54 Å². The molecule has 3 rings (SSSR count). The Hall–Kier alpha value is -2.34. The van der Waals surface area contributed by atoms with Crippen molar-refractivity contribution in [3.05, 3.63) is 65.5 Å². The van der Waals surface area contributed by atoms with Crippen molar-refractivity contribution < 1.29 is 9.13 Å². The maximum Gasteiger partial charge on any atom is 0.180 e. The van der Waals surface area contributed by atoms with Gasteiger partial charge in [0.15, 0.2) is 16.7 Å². The fourth-order valence-electron chi connectivity index (χ4n) is 2.36. The molecule has 0 fully saturated rings. The third kappa shape index (κ3) is 3.76. The number of rotatable bonds is 4. The van der Waals surface area contributed by atoms with Crippen molar-refractivity contribution in [3.8, 4) is 5.75 Å². The van der Waals surface area contributed by atoms with Crippen LogP contribution >= 0.6 is 11.8 Å². The van der Waals surface area contributed by atoms with Gasteiger partial charge in [-0.05, 0) is 23.8 Å². The van der Waals surface area contributed by atoms with Gasteiger partial charge in [0.2, 0.25) is 0 Å². The van der Waals surface area contributed by atoms with Crippen LogP contribution in [0.25, 0.3) is 0 Å². The van der Waals surface area contributed by atoms with Gasteiger partial charge < -0.3 is 4.74 Å². The molecule has 6 heteroatoms. The predicted molar refractivity (Wildman–Crippen MR) is 97.3 cm³/mol. The molecule has 0 N–H and O–H groups in total. The Morgan fingerprint density at radius 3 is 2.71 bits per heavy atom. The molecule has 0 unspecified atom stereocenters. The monoisotopic (exact) mass is 343 g/mol. The van der Waals surface area contributed by atoms with E-state index in [9.17, 15) is 4.39 Å². The maximum atomic E-state index is 13.9. The Morgan fingerprint density at radius 2 is 2.04 bits per heavy atom. The van der Waals surface area contributed by atoms with Gasteiger partial charge in [0, 0.05) is 18.4 Å². The molecule has 0 spiro atoms. The van der Waals surface area contributed by atoms with Gasteiger partial charge in [-0.1, -0.05) is 42.1 Å². The van der Waals surface area contributed by atoms with Gasteiger partial charge in [-0.25, -0.2) is 9.40 Å². The number of benzene rings is 2. The Balaban J connectivity index is 1.74. The number of ether oxygens (including phenoxy) is 1. The summed E-state index contributed by atoms with van der Waals surface area (Å²) < 4.78 is 18.8. The first-order valence-corrected chi connectivity index (χ1v) is 8.52. The number of halogens is 1. The van der Waals surface area contributed by atoms with Crippen LogP contribution in [0.1, 0.15) is 11.1 Å². The molecular formula is C18H18FN3OS. The van der Waals surface area contributed by atoms with E-state index in [0.717, 1.165) is 22.0 Å². The summed E-state index contributed by atoms with van der Waals surface area (Å²) in [4.78, 5) is 4.61. The number of aliphatic imine (C=N–C) groups is 1. The minimum absolute atomic E-state index is 0.237. The number of hydrogen-bond donors (Lipinski definition) is 0. The highest BCUT2D eigenvalue weighted by atomic mass is 32.2. The summed E-state index contributed by atoms with van der Waals surface area (Å²) in [6, 6.07) is 15.0. The molecule has 0 amide bonds. The number of amidine groups is 1. The summed E-state index contributed by atoms with van der Waals surface area (Å²) >= 11 is 1.60. The zero-order chi connectivity index (χ0) is 16.9. The van der Waals surface area contributed by atoms with E-state index in [4.69, 9.17) is 4.74 Å². The Morgan fingerprint density at radius 1 is 1.25 bits per heavy atom. The topological polar surface area (TPSA) is 37.2 Å². The minimum Gasteiger partial charge on any atom is -0.494 e. The summed E-state index contributed by atoms with van der Waals surface area (Å²) in [5.41, 5.74) is 2.74. The maximum absolute atomic E-state index is 13.9. The number of thioether (sulfide) groups is 1. The highest BCUT2D eigenvalue weighted by Crippen LogP contribution is 2.23. The highest BCUT2D eigenvalue weighted by Gasteiger charge is 2.18. The average Bonchev–Trinajstić information content (AvgIpc) is 2.61. The molecule has 0 atom stereocenters. The summed E-state index contributed by atoms with van der Waals surface area (Å²) in [7, 11) is 3.31. The van der Waals surface area contributed by atoms with Crippen LogP contribution in [0, 0.1) is 5.82 Å². The van der Waals surface area contributed by atoms with Crippen molar-refractivity contribution in [2.24, 2.45) is 10.1 Å². The van der Waals surface area contributed by atoms with E-state index in [1.807, 2.05) is 43.4 Å². The molecule has 0 saturated heterocycles. The van der Waals surface area contributed by atoms with Crippen LogP contribution in [-0.2, 0) is 6.54 Å². The summed E-state index contributed by atoms with van der Waals surface area (Å²) in [5.74, 6) is 0.513. The van der Waals surface area contributed by atoms with Crippen molar-refractivity contribution in [1.29, 1.82) is 0 Å². The predicted octanol–water partition coefficient (Wildman–Crippen LogP) is 3.77. The van der Waals surface area contributed by atoms with Crippen molar-refractivity contribution in [3.63, 3.8) is 0 Å². The van der Waals surface area contributed by atoms with E-state index in [1.165, 1.54) is 13.2 Å². The third-order valence-electron chi connectivity index (χ3n) is 3.61. The largest absolute Gasteiger partial charge is 0.494 e. The molecule has 24 heavy (non-hydrogen) atoms. The lowest BCUT2D eigenvalue weighted by atomic mass is 10.1. The third-order valence-corrected chi connectivity index (χ3v) is 4.68. The molecule has 0 aliphatic carbocycles. The number of nitrogens with zero attached hydrogens (tertiary/aromatic N) is 3. The fraction of sp³-hybridized carbons (Fsp3) is 0.222. The number of hydrazone groups is 1. The first kappa shape index (κ1) is 16.5. The zero-order valence-electron chi connectivity index (χ0n) is 13.6. The molecule has 2 aromatic rings. The molecule has 0 bridgehead atoms. The lowest BCUT2D eigenvalue weighted by Crippen LogP contribution is -2.28. The van der Waals surface area contributed by atoms with Gasteiger partial charge in [0.05, 0.1) is 19.4 Å². The molecule has 1 aliphatic heterocycles. The Bertz CT molecular complexity index is 777. The average molecular weight is 343 g/mol. The van der Waals surface area contributed by atoms with E-state index in [0.29, 0.717) is 12.3 Å². The lowest BCUT2D eigenvalue weighted by molar-refractivity contribution is 0.386. The first-order valence-electron chi connectivity index (χ1n) is 7.53. The highest BCUT2D eigenvalue weighted by molar-refractivity contribution is 8.14. The van der Waals surface area contributed by atoms with Crippen LogP contribution in [0.5, 0.6) is 5.75 Å². The molecule has 1 heterocycles. The quantitative estimate of drug-likeness (QED) is 0.848. The van der Waals surface area contributed by atoms with Crippen LogP contribution in [0.3, 0.4) is 0 Å². The van der Waals surface area contributed by atoms with Gasteiger partial charge in [0.1, 0.15) is 0 Å². The van der Waals surface area contributed by atoms with Gasteiger partial charge in [-0.15, -0.1) is 0 Å². The Kier molecular flexibility index (Phi) is 5.15. The van der Waals surface area contributed by atoms with E-state index in [2.05, 4.69) is 10.1 Å². The molecule has 0 aromatic heterocycles. The smallest absolute Gasteiger partial charge is 0.180 e. The second kappa shape index (κ2) is 7.49. The van der Waals surface area contributed by atoms with E-state index < -0.39 is 0 Å².